The van der Waals surface area contributed by atoms with Gasteiger partial charge in [0.15, 0.2) is 0 Å². The quantitative estimate of drug-likeness (QED) is 0.183. The largest absolute Gasteiger partial charge is 0.363 e. The molecule has 1 aliphatic heterocycles. The lowest BCUT2D eigenvalue weighted by Gasteiger charge is -2.27. The van der Waals surface area contributed by atoms with Gasteiger partial charge in [-0.15, -0.1) is 0 Å². The Kier molecular flexibility index (Phi) is 6.63. The molecule has 9 aromatic carbocycles. The van der Waals surface area contributed by atoms with Gasteiger partial charge in [-0.05, 0) is 119 Å². The summed E-state index contributed by atoms with van der Waals surface area (Å²) in [5, 5.41) is 11.4. The van der Waals surface area contributed by atoms with Crippen LogP contribution in [-0.2, 0) is 0 Å². The fourth-order valence-electron chi connectivity index (χ4n) is 9.22. The first-order chi connectivity index (χ1) is 26.3. The highest BCUT2D eigenvalue weighted by Gasteiger charge is 2.31. The number of benzene rings is 9. The number of anilines is 3. The minimum absolute atomic E-state index is 0.199. The molecule has 0 saturated heterocycles. The molecule has 53 heavy (non-hydrogen) atoms. The van der Waals surface area contributed by atoms with Crippen LogP contribution in [0.25, 0.3) is 88.0 Å². The lowest BCUT2D eigenvalue weighted by Crippen LogP contribution is -2.31. The molecule has 1 unspecified atom stereocenters. The van der Waals surface area contributed by atoms with Crippen LogP contribution < -0.4 is 10.2 Å². The van der Waals surface area contributed by atoms with Crippen molar-refractivity contribution in [2.75, 3.05) is 10.2 Å². The molecule has 1 aliphatic carbocycles. The van der Waals surface area contributed by atoms with Crippen LogP contribution in [-0.4, -0.2) is 6.17 Å². The lowest BCUT2D eigenvalue weighted by atomic mass is 9.82. The maximum atomic E-state index is 3.77. The molecule has 0 radical (unpaired) electrons. The lowest BCUT2D eigenvalue weighted by molar-refractivity contribution is 0.730. The number of nitrogens with one attached hydrogen (secondary N) is 1. The van der Waals surface area contributed by atoms with Crippen molar-refractivity contribution in [1.29, 1.82) is 0 Å². The second kappa shape index (κ2) is 11.7. The van der Waals surface area contributed by atoms with Gasteiger partial charge in [0, 0.05) is 5.39 Å². The van der Waals surface area contributed by atoms with Crippen LogP contribution in [0.15, 0.2) is 176 Å². The molecule has 1 heterocycles. The molecule has 250 valence electrons. The van der Waals surface area contributed by atoms with E-state index in [1.165, 1.54) is 105 Å². The second-order valence-corrected chi connectivity index (χ2v) is 14.4. The van der Waals surface area contributed by atoms with Crippen molar-refractivity contribution in [3.8, 4) is 55.6 Å². The van der Waals surface area contributed by atoms with E-state index in [2.05, 4.69) is 193 Å². The smallest absolute Gasteiger partial charge is 0.104 e. The maximum Gasteiger partial charge on any atom is 0.104 e. The molecular weight excluding hydrogens is 641 g/mol. The van der Waals surface area contributed by atoms with E-state index in [9.17, 15) is 0 Å². The zero-order chi connectivity index (χ0) is 35.0. The highest BCUT2D eigenvalue weighted by atomic mass is 15.3. The van der Waals surface area contributed by atoms with Crippen LogP contribution in [0.4, 0.5) is 17.1 Å². The Hall–Kier alpha value is -6.64. The summed E-state index contributed by atoms with van der Waals surface area (Å²) in [6.07, 6.45) is 1.19. The molecule has 2 nitrogen and oxygen atoms in total. The highest BCUT2D eigenvalue weighted by molar-refractivity contribution is 6.23. The molecule has 11 rings (SSSR count). The minimum Gasteiger partial charge on any atom is -0.363 e. The predicted octanol–water partition coefficient (Wildman–Crippen LogP) is 14.1. The summed E-state index contributed by atoms with van der Waals surface area (Å²) in [5.41, 5.74) is 16.4. The van der Waals surface area contributed by atoms with Gasteiger partial charge in [0.25, 0.3) is 0 Å². The van der Waals surface area contributed by atoms with Crippen LogP contribution >= 0.6 is 0 Å². The summed E-state index contributed by atoms with van der Waals surface area (Å²) in [6.45, 7) is 2.26. The van der Waals surface area contributed by atoms with E-state index in [4.69, 9.17) is 0 Å². The van der Waals surface area contributed by atoms with Crippen molar-refractivity contribution < 1.29 is 0 Å². The van der Waals surface area contributed by atoms with Crippen LogP contribution in [0, 0.1) is 0 Å². The fraction of sp³-hybridized carbons (Fsp3) is 0.0588. The van der Waals surface area contributed by atoms with Gasteiger partial charge >= 0.3 is 0 Å². The monoisotopic (exact) mass is 676 g/mol. The second-order valence-electron chi connectivity index (χ2n) is 14.4. The third-order valence-corrected chi connectivity index (χ3v) is 11.5. The van der Waals surface area contributed by atoms with Gasteiger partial charge in [-0.2, -0.15) is 0 Å². The third-order valence-electron chi connectivity index (χ3n) is 11.5. The van der Waals surface area contributed by atoms with Gasteiger partial charge in [0.2, 0.25) is 0 Å². The first-order valence-electron chi connectivity index (χ1n) is 18.7. The van der Waals surface area contributed by atoms with Gasteiger partial charge in [0.05, 0.1) is 17.1 Å². The molecule has 1 atom stereocenters. The van der Waals surface area contributed by atoms with Crippen LogP contribution in [0.2, 0.25) is 0 Å². The van der Waals surface area contributed by atoms with Gasteiger partial charge in [-0.1, -0.05) is 153 Å². The molecule has 0 bridgehead atoms. The molecule has 0 fully saturated rings. The minimum atomic E-state index is 0.199. The van der Waals surface area contributed by atoms with Crippen LogP contribution in [0.5, 0.6) is 0 Å². The molecule has 0 amide bonds. The van der Waals surface area contributed by atoms with E-state index in [1.54, 1.807) is 0 Å². The Labute approximate surface area is 309 Å². The molecule has 0 spiro atoms. The fourth-order valence-corrected chi connectivity index (χ4v) is 9.22. The van der Waals surface area contributed by atoms with Gasteiger partial charge < -0.3 is 10.2 Å². The Balaban J connectivity index is 1.20. The number of para-hydroxylation sites is 2. The summed E-state index contributed by atoms with van der Waals surface area (Å²) in [6, 6.07) is 65.2. The van der Waals surface area contributed by atoms with Gasteiger partial charge in [-0.3, -0.25) is 0 Å². The zero-order valence-electron chi connectivity index (χ0n) is 29.5. The first kappa shape index (κ1) is 30.0. The molecule has 2 heteroatoms. The van der Waals surface area contributed by atoms with Crippen molar-refractivity contribution in [2.24, 2.45) is 0 Å². The first-order valence-corrected chi connectivity index (χ1v) is 18.7. The van der Waals surface area contributed by atoms with Crippen molar-refractivity contribution in [3.63, 3.8) is 0 Å². The number of nitrogens with zero attached hydrogens (tertiary/aromatic N) is 1. The van der Waals surface area contributed by atoms with E-state index in [1.807, 2.05) is 0 Å². The maximum absolute atomic E-state index is 3.77. The van der Waals surface area contributed by atoms with E-state index >= 15 is 0 Å². The number of hydrogen-bond donors (Lipinski definition) is 1. The summed E-state index contributed by atoms with van der Waals surface area (Å²) >= 11 is 0. The normalized spacial score (nSPS) is 14.1. The Morgan fingerprint density at radius 2 is 1.09 bits per heavy atom. The Morgan fingerprint density at radius 1 is 0.434 bits per heavy atom. The van der Waals surface area contributed by atoms with Crippen molar-refractivity contribution in [3.05, 3.63) is 176 Å². The highest BCUT2D eigenvalue weighted by Crippen LogP contribution is 2.57. The number of fused-ring (bicyclic) bond motifs is 7. The standard InChI is InChI=1S/C51H36N2/c1-2-47-52-44-23-9-10-24-46(44)53(47)45-25-13-20-37-38(45)29-28-33-26-27-36(30-41(33)37)43-31-42(32-14-5-3-6-15-32)50-39-21-11-18-34-19-12-22-40(48(34)39)51(50)49(43)35-16-7-4-8-17-35/h3-31,47,52H,2H2,1H3. The summed E-state index contributed by atoms with van der Waals surface area (Å²) in [5.74, 6) is 0. The average Bonchev–Trinajstić information content (AvgIpc) is 3.77. The molecule has 9 aromatic rings. The van der Waals surface area contributed by atoms with E-state index in [0.717, 1.165) is 6.42 Å². The number of rotatable bonds is 5. The zero-order valence-corrected chi connectivity index (χ0v) is 29.5. The van der Waals surface area contributed by atoms with Gasteiger partial charge in [-0.25, -0.2) is 0 Å². The molecular formula is C51H36N2. The van der Waals surface area contributed by atoms with Crippen LogP contribution in [0.3, 0.4) is 0 Å². The summed E-state index contributed by atoms with van der Waals surface area (Å²) in [4.78, 5) is 2.49. The van der Waals surface area contributed by atoms with E-state index in [-0.39, 0.29) is 6.17 Å². The molecule has 1 N–H and O–H groups in total. The molecule has 0 saturated carbocycles. The SMILES string of the molecule is CCC1Nc2ccccc2N1c1cccc2c1ccc1ccc(-c3cc(-c4ccccc4)c4c(c3-c3ccccc3)-c3cccc5cccc-4c35)cc12. The Morgan fingerprint density at radius 3 is 1.89 bits per heavy atom. The van der Waals surface area contributed by atoms with Crippen LogP contribution in [0.1, 0.15) is 13.3 Å². The molecule has 2 aliphatic rings. The van der Waals surface area contributed by atoms with E-state index < -0.39 is 0 Å². The third kappa shape index (κ3) is 4.45. The van der Waals surface area contributed by atoms with Gasteiger partial charge in [0.1, 0.15) is 6.17 Å². The van der Waals surface area contributed by atoms with E-state index in [0.29, 0.717) is 0 Å². The Bertz CT molecular complexity index is 2900. The topological polar surface area (TPSA) is 15.3 Å². The average molecular weight is 677 g/mol. The van der Waals surface area contributed by atoms with Crippen molar-refractivity contribution in [2.45, 2.75) is 19.5 Å². The summed E-state index contributed by atoms with van der Waals surface area (Å²) in [7, 11) is 0. The predicted molar refractivity (Wildman–Crippen MR) is 226 cm³/mol. The van der Waals surface area contributed by atoms with Crippen molar-refractivity contribution in [1.82, 2.24) is 0 Å². The molecule has 0 aromatic heterocycles. The van der Waals surface area contributed by atoms with Crippen molar-refractivity contribution >= 4 is 49.4 Å². The summed E-state index contributed by atoms with van der Waals surface area (Å²) < 4.78 is 0. The number of hydrogen-bond acceptors (Lipinski definition) is 2.